The summed E-state index contributed by atoms with van der Waals surface area (Å²) in [4.78, 5) is 32.9. The number of carbonyl (C=O) groups is 2. The van der Waals surface area contributed by atoms with Gasteiger partial charge in [-0.15, -0.1) is 0 Å². The van der Waals surface area contributed by atoms with Gasteiger partial charge in [-0.2, -0.15) is 0 Å². The van der Waals surface area contributed by atoms with Crippen LogP contribution in [0.5, 0.6) is 0 Å². The fraction of sp³-hybridized carbons (Fsp3) is 0.348. The van der Waals surface area contributed by atoms with E-state index in [0.29, 0.717) is 12.1 Å². The second-order valence-corrected chi connectivity index (χ2v) is 7.75. The van der Waals surface area contributed by atoms with Gasteiger partial charge in [-0.25, -0.2) is 4.39 Å². The van der Waals surface area contributed by atoms with Gasteiger partial charge in [0.25, 0.3) is 11.7 Å². The molecule has 7 nitrogen and oxygen atoms in total. The Labute approximate surface area is 179 Å². The number of morpholine rings is 1. The molecule has 31 heavy (non-hydrogen) atoms. The largest absolute Gasteiger partial charge is 0.507 e. The van der Waals surface area contributed by atoms with Crippen LogP contribution >= 0.6 is 0 Å². The Hall–Kier alpha value is -3.10. The first-order chi connectivity index (χ1) is 15.1. The van der Waals surface area contributed by atoms with Crippen molar-refractivity contribution >= 4 is 17.4 Å². The van der Waals surface area contributed by atoms with Crippen LogP contribution in [0.4, 0.5) is 4.39 Å². The smallest absolute Gasteiger partial charge is 0.295 e. The third-order valence-electron chi connectivity index (χ3n) is 5.79. The summed E-state index contributed by atoms with van der Waals surface area (Å²) in [6.07, 6.45) is 3.92. The quantitative estimate of drug-likeness (QED) is 0.408. The number of aliphatic hydroxyl groups excluding tert-OH is 1. The Morgan fingerprint density at radius 2 is 1.94 bits per heavy atom. The Morgan fingerprint density at radius 3 is 2.61 bits per heavy atom. The fourth-order valence-corrected chi connectivity index (χ4v) is 4.17. The molecular weight excluding hydrogens is 401 g/mol. The van der Waals surface area contributed by atoms with Crippen LogP contribution < -0.4 is 4.90 Å². The molecule has 2 saturated heterocycles. The molecule has 2 fully saturated rings. The minimum Gasteiger partial charge on any atom is -0.507 e. The lowest BCUT2D eigenvalue weighted by Crippen LogP contribution is -3.14. The van der Waals surface area contributed by atoms with Gasteiger partial charge in [0.05, 0.1) is 31.4 Å². The molecule has 1 aromatic carbocycles. The van der Waals surface area contributed by atoms with Crippen molar-refractivity contribution in [3.8, 4) is 0 Å². The molecule has 2 aliphatic heterocycles. The monoisotopic (exact) mass is 426 g/mol. The highest BCUT2D eigenvalue weighted by atomic mass is 19.1. The summed E-state index contributed by atoms with van der Waals surface area (Å²) >= 11 is 0. The van der Waals surface area contributed by atoms with Crippen LogP contribution in [0.3, 0.4) is 0 Å². The maximum Gasteiger partial charge on any atom is 0.295 e. The molecule has 1 atom stereocenters. The number of ketones is 1. The number of hydrogen-bond donors (Lipinski definition) is 2. The van der Waals surface area contributed by atoms with Gasteiger partial charge < -0.3 is 19.6 Å². The number of hydrogen-bond acceptors (Lipinski definition) is 5. The average molecular weight is 426 g/mol. The van der Waals surface area contributed by atoms with Crippen molar-refractivity contribution in [3.63, 3.8) is 0 Å². The highest BCUT2D eigenvalue weighted by Crippen LogP contribution is 2.39. The number of benzene rings is 1. The molecule has 2 N–H and O–H groups in total. The van der Waals surface area contributed by atoms with Gasteiger partial charge in [0.2, 0.25) is 0 Å². The summed E-state index contributed by atoms with van der Waals surface area (Å²) in [5.74, 6) is -2.15. The van der Waals surface area contributed by atoms with E-state index in [1.807, 2.05) is 0 Å². The first-order valence-corrected chi connectivity index (χ1v) is 10.4. The highest BCUT2D eigenvalue weighted by Gasteiger charge is 2.46. The number of nitrogens with one attached hydrogen (secondary N) is 1. The molecule has 0 radical (unpaired) electrons. The molecular formula is C23H25FN3O4+. The van der Waals surface area contributed by atoms with Crippen LogP contribution in [0, 0.1) is 5.82 Å². The van der Waals surface area contributed by atoms with Crippen molar-refractivity contribution in [1.29, 1.82) is 0 Å². The van der Waals surface area contributed by atoms with Gasteiger partial charge in [0.15, 0.2) is 0 Å². The number of aromatic nitrogens is 1. The summed E-state index contributed by atoms with van der Waals surface area (Å²) in [5, 5.41) is 10.9. The van der Waals surface area contributed by atoms with Gasteiger partial charge in [0, 0.05) is 30.9 Å². The number of aliphatic hydroxyl groups is 1. The lowest BCUT2D eigenvalue weighted by Gasteiger charge is -2.27. The second-order valence-electron chi connectivity index (χ2n) is 7.75. The van der Waals surface area contributed by atoms with Crippen LogP contribution in [-0.4, -0.2) is 66.1 Å². The van der Waals surface area contributed by atoms with E-state index in [1.165, 1.54) is 34.1 Å². The van der Waals surface area contributed by atoms with Crippen LogP contribution in [0.1, 0.15) is 23.6 Å². The predicted molar refractivity (Wildman–Crippen MR) is 111 cm³/mol. The average Bonchev–Trinajstić information content (AvgIpc) is 3.05. The molecule has 0 saturated carbocycles. The van der Waals surface area contributed by atoms with E-state index in [0.717, 1.165) is 39.3 Å². The Balaban J connectivity index is 1.64. The van der Waals surface area contributed by atoms with Crippen molar-refractivity contribution in [3.05, 3.63) is 71.3 Å². The summed E-state index contributed by atoms with van der Waals surface area (Å²) < 4.78 is 18.7. The van der Waals surface area contributed by atoms with Crippen molar-refractivity contribution in [2.24, 2.45) is 0 Å². The fourth-order valence-electron chi connectivity index (χ4n) is 4.17. The van der Waals surface area contributed by atoms with Crippen LogP contribution in [0.2, 0.25) is 0 Å². The first kappa shape index (κ1) is 21.1. The number of nitrogens with zero attached hydrogens (tertiary/aromatic N) is 2. The number of likely N-dealkylation sites (tertiary alicyclic amines) is 1. The third-order valence-corrected chi connectivity index (χ3v) is 5.79. The first-order valence-electron chi connectivity index (χ1n) is 10.4. The van der Waals surface area contributed by atoms with Crippen molar-refractivity contribution in [1.82, 2.24) is 9.88 Å². The zero-order valence-electron chi connectivity index (χ0n) is 17.1. The highest BCUT2D eigenvalue weighted by molar-refractivity contribution is 6.46. The number of rotatable bonds is 6. The maximum absolute atomic E-state index is 13.3. The van der Waals surface area contributed by atoms with Gasteiger partial charge in [-0.3, -0.25) is 14.6 Å². The molecule has 0 bridgehead atoms. The molecule has 2 aromatic rings. The van der Waals surface area contributed by atoms with E-state index in [4.69, 9.17) is 4.74 Å². The minimum atomic E-state index is -0.741. The van der Waals surface area contributed by atoms with E-state index in [-0.39, 0.29) is 16.9 Å². The number of carbonyl (C=O) groups excluding carboxylic acids is 2. The lowest BCUT2D eigenvalue weighted by atomic mass is 9.96. The molecule has 8 heteroatoms. The van der Waals surface area contributed by atoms with Crippen molar-refractivity contribution in [2.75, 3.05) is 39.4 Å². The molecule has 1 aromatic heterocycles. The Kier molecular flexibility index (Phi) is 6.39. The SMILES string of the molecule is O=C1C(=O)N(CCC[NH+]2CCOCC2)[C@H](c2cccnc2)C1=C(O)c1ccc(F)cc1. The van der Waals surface area contributed by atoms with Gasteiger partial charge in [0.1, 0.15) is 24.7 Å². The van der Waals surface area contributed by atoms with Crippen LogP contribution in [0.25, 0.3) is 5.76 Å². The van der Waals surface area contributed by atoms with Crippen LogP contribution in [0.15, 0.2) is 54.4 Å². The lowest BCUT2D eigenvalue weighted by molar-refractivity contribution is -0.908. The number of Topliss-reactive ketones (excluding diaryl/α,β-unsaturated/α-hetero) is 1. The molecule has 0 aliphatic carbocycles. The topological polar surface area (TPSA) is 84.2 Å². The number of quaternary nitrogens is 1. The molecule has 2 aliphatic rings. The maximum atomic E-state index is 13.3. The number of amides is 1. The molecule has 1 amide bonds. The standard InChI is InChI=1S/C23H24FN3O4/c24-18-6-4-16(5-7-18)21(28)19-20(17-3-1-8-25-15-17)27(23(30)22(19)29)10-2-9-26-11-13-31-14-12-26/h1,3-8,15,20,28H,2,9-14H2/p+1/t20-/m1/s1. The summed E-state index contributed by atoms with van der Waals surface area (Å²) in [7, 11) is 0. The zero-order valence-corrected chi connectivity index (χ0v) is 17.1. The van der Waals surface area contributed by atoms with Crippen molar-refractivity contribution in [2.45, 2.75) is 12.5 Å². The number of ether oxygens (including phenoxy) is 1. The minimum absolute atomic E-state index is 0.00308. The third kappa shape index (κ3) is 4.50. The summed E-state index contributed by atoms with van der Waals surface area (Å²) in [6.45, 7) is 4.56. The number of halogens is 1. The van der Waals surface area contributed by atoms with E-state index in [2.05, 4.69) is 4.98 Å². The zero-order chi connectivity index (χ0) is 21.8. The molecule has 0 spiro atoms. The molecule has 4 rings (SSSR count). The van der Waals surface area contributed by atoms with E-state index >= 15 is 0 Å². The molecule has 3 heterocycles. The Bertz CT molecular complexity index is 972. The van der Waals surface area contributed by atoms with Gasteiger partial charge in [-0.05, 0) is 35.9 Å². The van der Waals surface area contributed by atoms with Crippen molar-refractivity contribution < 1.29 is 28.7 Å². The second kappa shape index (κ2) is 9.36. The molecule has 162 valence electrons. The van der Waals surface area contributed by atoms with Gasteiger partial charge in [-0.1, -0.05) is 6.07 Å². The Morgan fingerprint density at radius 1 is 1.19 bits per heavy atom. The summed E-state index contributed by atoms with van der Waals surface area (Å²) in [5.41, 5.74) is 0.929. The molecule has 0 unspecified atom stereocenters. The van der Waals surface area contributed by atoms with E-state index < -0.39 is 23.5 Å². The van der Waals surface area contributed by atoms with E-state index in [1.54, 1.807) is 24.5 Å². The predicted octanol–water partition coefficient (Wildman–Crippen LogP) is 0.948. The number of pyridine rings is 1. The van der Waals surface area contributed by atoms with E-state index in [9.17, 15) is 19.1 Å². The van der Waals surface area contributed by atoms with Gasteiger partial charge >= 0.3 is 0 Å². The van der Waals surface area contributed by atoms with Crippen LogP contribution in [-0.2, 0) is 14.3 Å². The normalized spacial score (nSPS) is 21.6. The summed E-state index contributed by atoms with van der Waals surface area (Å²) in [6, 6.07) is 7.95.